The predicted molar refractivity (Wildman–Crippen MR) is 107 cm³/mol. The molecule has 0 saturated carbocycles. The molecule has 0 atom stereocenters. The molecule has 0 spiro atoms. The van der Waals surface area contributed by atoms with Crippen LogP contribution in [0.3, 0.4) is 0 Å². The van der Waals surface area contributed by atoms with Gasteiger partial charge in [-0.05, 0) is 28.0 Å². The largest absolute Gasteiger partial charge is 0.445 e. The number of carbonyl (C=O) groups is 2. The van der Waals surface area contributed by atoms with Gasteiger partial charge in [0, 0.05) is 5.56 Å². The molecule has 0 unspecified atom stereocenters. The zero-order valence-corrected chi connectivity index (χ0v) is 15.9. The molecule has 0 aliphatic heterocycles. The monoisotopic (exact) mass is 396 g/mol. The minimum atomic E-state index is -0.752. The average molecular weight is 396 g/mol. The van der Waals surface area contributed by atoms with Crippen molar-refractivity contribution in [3.8, 4) is 0 Å². The topological polar surface area (TPSA) is 76.7 Å². The lowest BCUT2D eigenvalue weighted by atomic mass is 10.2. The standard InChI is InChI=1S/C21H20N2O4S/c24-20(26-13-16-7-3-1-4-8-16)22-19(18-11-12-28-15-18)23-21(25)27-14-17-9-5-2-6-10-17/h1-12,15,19H,13-14H2,(H,22,24)(H,23,25). The number of thiophene rings is 1. The van der Waals surface area contributed by atoms with Gasteiger partial charge in [0.15, 0.2) is 0 Å². The fraction of sp³-hybridized carbons (Fsp3) is 0.143. The Labute approximate surface area is 167 Å². The smallest absolute Gasteiger partial charge is 0.409 e. The van der Waals surface area contributed by atoms with Crippen LogP contribution in [0.2, 0.25) is 0 Å². The van der Waals surface area contributed by atoms with Gasteiger partial charge in [-0.15, -0.1) is 0 Å². The average Bonchev–Trinajstić information content (AvgIpc) is 3.27. The predicted octanol–water partition coefficient (Wildman–Crippen LogP) is 4.60. The first-order valence-electron chi connectivity index (χ1n) is 8.67. The van der Waals surface area contributed by atoms with Crippen LogP contribution in [-0.2, 0) is 22.7 Å². The van der Waals surface area contributed by atoms with E-state index in [-0.39, 0.29) is 13.2 Å². The van der Waals surface area contributed by atoms with Crippen molar-refractivity contribution in [2.45, 2.75) is 19.4 Å². The van der Waals surface area contributed by atoms with E-state index in [1.165, 1.54) is 11.3 Å². The maximum atomic E-state index is 12.2. The van der Waals surface area contributed by atoms with E-state index in [1.807, 2.05) is 77.5 Å². The van der Waals surface area contributed by atoms with Crippen molar-refractivity contribution in [2.75, 3.05) is 0 Å². The molecule has 1 heterocycles. The zero-order chi connectivity index (χ0) is 19.6. The Morgan fingerprint density at radius 1 is 0.786 bits per heavy atom. The van der Waals surface area contributed by atoms with Gasteiger partial charge in [-0.25, -0.2) is 9.59 Å². The molecular formula is C21H20N2O4S. The van der Waals surface area contributed by atoms with Gasteiger partial charge < -0.3 is 9.47 Å². The molecule has 0 aliphatic rings. The normalized spacial score (nSPS) is 10.3. The lowest BCUT2D eigenvalue weighted by Gasteiger charge is -2.19. The molecule has 2 amide bonds. The Morgan fingerprint density at radius 2 is 1.29 bits per heavy atom. The SMILES string of the molecule is O=C(NC(NC(=O)OCc1ccccc1)c1ccsc1)OCc1ccccc1. The second-order valence-corrected chi connectivity index (χ2v) is 6.68. The van der Waals surface area contributed by atoms with Crippen LogP contribution in [0.1, 0.15) is 22.9 Å². The van der Waals surface area contributed by atoms with E-state index in [4.69, 9.17) is 9.47 Å². The first-order chi connectivity index (χ1) is 13.7. The van der Waals surface area contributed by atoms with Crippen molar-refractivity contribution >= 4 is 23.5 Å². The Bertz CT molecular complexity index is 812. The van der Waals surface area contributed by atoms with Crippen molar-refractivity contribution in [3.05, 3.63) is 94.2 Å². The van der Waals surface area contributed by atoms with Crippen molar-refractivity contribution in [1.29, 1.82) is 0 Å². The number of benzene rings is 2. The summed E-state index contributed by atoms with van der Waals surface area (Å²) in [5.41, 5.74) is 2.48. The van der Waals surface area contributed by atoms with Gasteiger partial charge in [0.1, 0.15) is 19.4 Å². The van der Waals surface area contributed by atoms with E-state index in [0.717, 1.165) is 16.7 Å². The van der Waals surface area contributed by atoms with E-state index >= 15 is 0 Å². The van der Waals surface area contributed by atoms with Crippen LogP contribution in [0.4, 0.5) is 9.59 Å². The van der Waals surface area contributed by atoms with E-state index in [9.17, 15) is 9.59 Å². The van der Waals surface area contributed by atoms with E-state index in [0.29, 0.717) is 0 Å². The van der Waals surface area contributed by atoms with E-state index in [1.54, 1.807) is 0 Å². The Kier molecular flexibility index (Phi) is 7.03. The van der Waals surface area contributed by atoms with Crippen molar-refractivity contribution in [3.63, 3.8) is 0 Å². The molecule has 1 aromatic heterocycles. The molecule has 2 N–H and O–H groups in total. The highest BCUT2D eigenvalue weighted by atomic mass is 32.1. The second-order valence-electron chi connectivity index (χ2n) is 5.90. The summed E-state index contributed by atoms with van der Waals surface area (Å²) in [7, 11) is 0. The molecule has 0 fully saturated rings. The van der Waals surface area contributed by atoms with Crippen LogP contribution in [0, 0.1) is 0 Å². The third kappa shape index (κ3) is 6.14. The molecule has 2 aromatic carbocycles. The van der Waals surface area contributed by atoms with Crippen LogP contribution >= 0.6 is 11.3 Å². The van der Waals surface area contributed by atoms with E-state index < -0.39 is 18.4 Å². The third-order valence-electron chi connectivity index (χ3n) is 3.83. The van der Waals surface area contributed by atoms with Crippen LogP contribution in [0.15, 0.2) is 77.5 Å². The maximum Gasteiger partial charge on any atom is 0.409 e. The molecule has 3 rings (SSSR count). The number of carbonyl (C=O) groups excluding carboxylic acids is 2. The first-order valence-corrected chi connectivity index (χ1v) is 9.61. The lowest BCUT2D eigenvalue weighted by Crippen LogP contribution is -2.41. The zero-order valence-electron chi connectivity index (χ0n) is 15.0. The van der Waals surface area contributed by atoms with Gasteiger partial charge in [0.05, 0.1) is 0 Å². The fourth-order valence-corrected chi connectivity index (χ4v) is 3.09. The second kappa shape index (κ2) is 10.1. The Balaban J connectivity index is 1.53. The molecule has 0 bridgehead atoms. The molecule has 0 radical (unpaired) electrons. The number of alkyl carbamates (subject to hydrolysis) is 2. The molecule has 7 heteroatoms. The highest BCUT2D eigenvalue weighted by Crippen LogP contribution is 2.15. The number of ether oxygens (including phenoxy) is 2. The first kappa shape index (κ1) is 19.4. The number of hydrogen-bond donors (Lipinski definition) is 2. The number of nitrogens with one attached hydrogen (secondary N) is 2. The molecule has 3 aromatic rings. The van der Waals surface area contributed by atoms with Crippen molar-refractivity contribution in [2.24, 2.45) is 0 Å². The quantitative estimate of drug-likeness (QED) is 0.572. The van der Waals surface area contributed by atoms with Gasteiger partial charge in [-0.3, -0.25) is 10.6 Å². The fourth-order valence-electron chi connectivity index (χ4n) is 2.41. The van der Waals surface area contributed by atoms with Crippen molar-refractivity contribution < 1.29 is 19.1 Å². The summed E-state index contributed by atoms with van der Waals surface area (Å²) in [5.74, 6) is 0. The Morgan fingerprint density at radius 3 is 1.71 bits per heavy atom. The highest BCUT2D eigenvalue weighted by Gasteiger charge is 2.19. The number of hydrogen-bond acceptors (Lipinski definition) is 5. The maximum absolute atomic E-state index is 12.2. The summed E-state index contributed by atoms with van der Waals surface area (Å²) in [6.07, 6.45) is -2.02. The lowest BCUT2D eigenvalue weighted by molar-refractivity contribution is 0.122. The molecule has 28 heavy (non-hydrogen) atoms. The Hall–Kier alpha value is -3.32. The van der Waals surface area contributed by atoms with Gasteiger partial charge in [-0.2, -0.15) is 11.3 Å². The summed E-state index contributed by atoms with van der Waals surface area (Å²) in [5, 5.41) is 9.00. The molecule has 6 nitrogen and oxygen atoms in total. The summed E-state index contributed by atoms with van der Waals surface area (Å²) in [6.45, 7) is 0.281. The minimum absolute atomic E-state index is 0.140. The van der Waals surface area contributed by atoms with Gasteiger partial charge in [0.25, 0.3) is 0 Å². The van der Waals surface area contributed by atoms with Crippen LogP contribution in [0.25, 0.3) is 0 Å². The minimum Gasteiger partial charge on any atom is -0.445 e. The molecular weight excluding hydrogens is 376 g/mol. The number of rotatable bonds is 7. The van der Waals surface area contributed by atoms with Crippen LogP contribution in [0.5, 0.6) is 0 Å². The molecule has 144 valence electrons. The van der Waals surface area contributed by atoms with E-state index in [2.05, 4.69) is 10.6 Å². The van der Waals surface area contributed by atoms with Gasteiger partial charge in [-0.1, -0.05) is 60.7 Å². The third-order valence-corrected chi connectivity index (χ3v) is 4.53. The van der Waals surface area contributed by atoms with Crippen LogP contribution < -0.4 is 10.6 Å². The van der Waals surface area contributed by atoms with Gasteiger partial charge >= 0.3 is 12.2 Å². The molecule has 0 aliphatic carbocycles. The summed E-state index contributed by atoms with van der Waals surface area (Å²) >= 11 is 1.46. The van der Waals surface area contributed by atoms with Crippen LogP contribution in [-0.4, -0.2) is 12.2 Å². The van der Waals surface area contributed by atoms with Crippen molar-refractivity contribution in [1.82, 2.24) is 10.6 Å². The summed E-state index contributed by atoms with van der Waals surface area (Å²) < 4.78 is 10.5. The summed E-state index contributed by atoms with van der Waals surface area (Å²) in [6, 6.07) is 20.5. The van der Waals surface area contributed by atoms with Gasteiger partial charge in [0.2, 0.25) is 0 Å². The molecule has 0 saturated heterocycles. The summed E-state index contributed by atoms with van der Waals surface area (Å²) in [4.78, 5) is 24.3. The number of amides is 2. The highest BCUT2D eigenvalue weighted by molar-refractivity contribution is 7.08.